The Balaban J connectivity index is 1.63. The molecule has 3 rings (SSSR count). The van der Waals surface area contributed by atoms with E-state index in [-0.39, 0.29) is 17.8 Å². The molecule has 2 aliphatic heterocycles. The Bertz CT molecular complexity index is 609. The number of nitrogens with one attached hydrogen (secondary N) is 1. The topological polar surface area (TPSA) is 58.6 Å². The molecule has 0 aromatic heterocycles. The Morgan fingerprint density at radius 3 is 2.48 bits per heavy atom. The normalized spacial score (nSPS) is 27.9. The molecule has 6 heteroatoms. The lowest BCUT2D eigenvalue weighted by atomic mass is 10.0. The van der Waals surface area contributed by atoms with Gasteiger partial charge in [-0.05, 0) is 43.6 Å². The molecule has 2 saturated heterocycles. The molecule has 0 bridgehead atoms. The Morgan fingerprint density at radius 2 is 1.83 bits per heavy atom. The van der Waals surface area contributed by atoms with Crippen LogP contribution in [0.3, 0.4) is 0 Å². The fourth-order valence-corrected chi connectivity index (χ4v) is 5.61. The van der Waals surface area contributed by atoms with Crippen LogP contribution in [0, 0.1) is 0 Å². The van der Waals surface area contributed by atoms with E-state index in [4.69, 9.17) is 4.74 Å². The maximum Gasteiger partial charge on any atom is 0.153 e. The van der Waals surface area contributed by atoms with Crippen molar-refractivity contribution in [1.29, 1.82) is 0 Å². The number of likely N-dealkylation sites (tertiary alicyclic amines) is 1. The van der Waals surface area contributed by atoms with Gasteiger partial charge in [0.15, 0.2) is 9.84 Å². The van der Waals surface area contributed by atoms with Crippen molar-refractivity contribution >= 4 is 9.84 Å². The molecule has 23 heavy (non-hydrogen) atoms. The Kier molecular flexibility index (Phi) is 5.24. The molecule has 0 unspecified atom stereocenters. The van der Waals surface area contributed by atoms with Gasteiger partial charge in [0, 0.05) is 18.6 Å². The summed E-state index contributed by atoms with van der Waals surface area (Å²) < 4.78 is 29.4. The molecule has 1 N–H and O–H groups in total. The van der Waals surface area contributed by atoms with Crippen molar-refractivity contribution in [2.75, 3.05) is 31.7 Å². The van der Waals surface area contributed by atoms with Gasteiger partial charge in [-0.25, -0.2) is 8.42 Å². The van der Waals surface area contributed by atoms with Crippen LogP contribution in [0.5, 0.6) is 5.75 Å². The molecule has 0 amide bonds. The highest BCUT2D eigenvalue weighted by Gasteiger charge is 2.40. The standard InChI is InChI=1S/C17H26N2O3S/c1-22-15-7-5-14(6-8-15)11-18-16-12-23(20,21)13-17(16)19-9-3-2-4-10-19/h5-8,16-18H,2-4,9-13H2,1H3/t16-,17+/m0/s1. The molecule has 2 heterocycles. The number of sulfone groups is 1. The van der Waals surface area contributed by atoms with Crippen LogP contribution in [0.4, 0.5) is 0 Å². The highest BCUT2D eigenvalue weighted by molar-refractivity contribution is 7.91. The van der Waals surface area contributed by atoms with E-state index in [1.165, 1.54) is 19.3 Å². The monoisotopic (exact) mass is 338 g/mol. The van der Waals surface area contributed by atoms with E-state index in [9.17, 15) is 8.42 Å². The Morgan fingerprint density at radius 1 is 1.13 bits per heavy atom. The molecule has 2 aliphatic rings. The average molecular weight is 338 g/mol. The van der Waals surface area contributed by atoms with Crippen LogP contribution in [0.15, 0.2) is 24.3 Å². The molecule has 0 saturated carbocycles. The third kappa shape index (κ3) is 4.25. The molecule has 0 spiro atoms. The molecule has 0 aliphatic carbocycles. The highest BCUT2D eigenvalue weighted by Crippen LogP contribution is 2.23. The van der Waals surface area contributed by atoms with Crippen molar-refractivity contribution in [1.82, 2.24) is 10.2 Å². The molecule has 1 aromatic rings. The van der Waals surface area contributed by atoms with Crippen molar-refractivity contribution < 1.29 is 13.2 Å². The second-order valence-electron chi connectivity index (χ2n) is 6.58. The van der Waals surface area contributed by atoms with Crippen molar-refractivity contribution in [2.24, 2.45) is 0 Å². The van der Waals surface area contributed by atoms with Gasteiger partial charge in [0.25, 0.3) is 0 Å². The molecule has 2 fully saturated rings. The Hall–Kier alpha value is -1.11. The SMILES string of the molecule is COc1ccc(CN[C@H]2CS(=O)(=O)C[C@H]2N2CCCCC2)cc1. The van der Waals surface area contributed by atoms with Crippen LogP contribution in [-0.4, -0.2) is 57.1 Å². The third-order valence-electron chi connectivity index (χ3n) is 4.91. The van der Waals surface area contributed by atoms with Crippen LogP contribution in [0.1, 0.15) is 24.8 Å². The number of methoxy groups -OCH3 is 1. The van der Waals surface area contributed by atoms with Gasteiger partial charge >= 0.3 is 0 Å². The lowest BCUT2D eigenvalue weighted by Crippen LogP contribution is -2.50. The number of hydrogen-bond donors (Lipinski definition) is 1. The molecule has 2 atom stereocenters. The maximum atomic E-state index is 12.1. The van der Waals surface area contributed by atoms with E-state index in [0.29, 0.717) is 12.3 Å². The van der Waals surface area contributed by atoms with Gasteiger partial charge in [0.2, 0.25) is 0 Å². The first-order chi connectivity index (χ1) is 11.1. The van der Waals surface area contributed by atoms with Gasteiger partial charge in [0.1, 0.15) is 5.75 Å². The molecule has 128 valence electrons. The van der Waals surface area contributed by atoms with Crippen LogP contribution < -0.4 is 10.1 Å². The highest BCUT2D eigenvalue weighted by atomic mass is 32.2. The van der Waals surface area contributed by atoms with Gasteiger partial charge in [-0.2, -0.15) is 0 Å². The van der Waals surface area contributed by atoms with Crippen LogP contribution in [-0.2, 0) is 16.4 Å². The first kappa shape index (κ1) is 16.7. The minimum absolute atomic E-state index is 0.0280. The van der Waals surface area contributed by atoms with Gasteiger partial charge in [-0.15, -0.1) is 0 Å². The number of ether oxygens (including phenoxy) is 1. The second kappa shape index (κ2) is 7.20. The smallest absolute Gasteiger partial charge is 0.153 e. The van der Waals surface area contributed by atoms with Gasteiger partial charge in [0.05, 0.1) is 18.6 Å². The Labute approximate surface area is 138 Å². The predicted octanol–water partition coefficient (Wildman–Crippen LogP) is 1.44. The molecule has 5 nitrogen and oxygen atoms in total. The molecular formula is C17H26N2O3S. The van der Waals surface area contributed by atoms with Gasteiger partial charge in [-0.3, -0.25) is 4.90 Å². The first-order valence-electron chi connectivity index (χ1n) is 8.38. The quantitative estimate of drug-likeness (QED) is 0.880. The zero-order valence-corrected chi connectivity index (χ0v) is 14.5. The molecular weight excluding hydrogens is 312 g/mol. The number of benzene rings is 1. The first-order valence-corrected chi connectivity index (χ1v) is 10.2. The summed E-state index contributed by atoms with van der Waals surface area (Å²) in [7, 11) is -1.28. The van der Waals surface area contributed by atoms with E-state index in [1.54, 1.807) is 7.11 Å². The van der Waals surface area contributed by atoms with Crippen LogP contribution >= 0.6 is 0 Å². The number of rotatable bonds is 5. The predicted molar refractivity (Wildman–Crippen MR) is 91.5 cm³/mol. The summed E-state index contributed by atoms with van der Waals surface area (Å²) in [6.45, 7) is 2.75. The van der Waals surface area contributed by atoms with E-state index in [0.717, 1.165) is 24.4 Å². The van der Waals surface area contributed by atoms with Crippen molar-refractivity contribution in [3.63, 3.8) is 0 Å². The lowest BCUT2D eigenvalue weighted by molar-refractivity contribution is 0.155. The summed E-state index contributed by atoms with van der Waals surface area (Å²) in [5, 5.41) is 3.48. The number of piperidine rings is 1. The molecule has 0 radical (unpaired) electrons. The van der Waals surface area contributed by atoms with Gasteiger partial charge < -0.3 is 10.1 Å². The molecule has 1 aromatic carbocycles. The fourth-order valence-electron chi connectivity index (χ4n) is 3.63. The summed E-state index contributed by atoms with van der Waals surface area (Å²) >= 11 is 0. The van der Waals surface area contributed by atoms with Crippen molar-refractivity contribution in [3.8, 4) is 5.75 Å². The van der Waals surface area contributed by atoms with Crippen molar-refractivity contribution in [3.05, 3.63) is 29.8 Å². The zero-order chi connectivity index (χ0) is 16.3. The minimum Gasteiger partial charge on any atom is -0.497 e. The van der Waals surface area contributed by atoms with E-state index < -0.39 is 9.84 Å². The second-order valence-corrected chi connectivity index (χ2v) is 8.73. The van der Waals surface area contributed by atoms with E-state index in [2.05, 4.69) is 10.2 Å². The van der Waals surface area contributed by atoms with E-state index in [1.807, 2.05) is 24.3 Å². The summed E-state index contributed by atoms with van der Waals surface area (Å²) in [6.07, 6.45) is 3.63. The summed E-state index contributed by atoms with van der Waals surface area (Å²) in [6, 6.07) is 8.06. The minimum atomic E-state index is -2.93. The number of hydrogen-bond acceptors (Lipinski definition) is 5. The summed E-state index contributed by atoms with van der Waals surface area (Å²) in [5.41, 5.74) is 1.15. The summed E-state index contributed by atoms with van der Waals surface area (Å²) in [5.74, 6) is 1.39. The summed E-state index contributed by atoms with van der Waals surface area (Å²) in [4.78, 5) is 2.37. The average Bonchev–Trinajstić information content (AvgIpc) is 2.89. The van der Waals surface area contributed by atoms with E-state index >= 15 is 0 Å². The largest absolute Gasteiger partial charge is 0.497 e. The maximum absolute atomic E-state index is 12.1. The fraction of sp³-hybridized carbons (Fsp3) is 0.647. The lowest BCUT2D eigenvalue weighted by Gasteiger charge is -2.35. The van der Waals surface area contributed by atoms with Crippen LogP contribution in [0.2, 0.25) is 0 Å². The third-order valence-corrected chi connectivity index (χ3v) is 6.63. The van der Waals surface area contributed by atoms with Crippen molar-refractivity contribution in [2.45, 2.75) is 37.9 Å². The van der Waals surface area contributed by atoms with Crippen LogP contribution in [0.25, 0.3) is 0 Å². The van der Waals surface area contributed by atoms with Gasteiger partial charge in [-0.1, -0.05) is 18.6 Å². The zero-order valence-electron chi connectivity index (χ0n) is 13.7. The number of nitrogens with zero attached hydrogens (tertiary/aromatic N) is 1.